The van der Waals surface area contributed by atoms with Crippen LogP contribution in [0, 0.1) is 11.8 Å². The number of fused-ring (bicyclic) bond motifs is 1. The molecular weight excluding hydrogens is 138 g/mol. The van der Waals surface area contributed by atoms with Crippen LogP contribution in [-0.2, 0) is 0 Å². The maximum absolute atomic E-state index is 9.50. The van der Waals surface area contributed by atoms with Crippen LogP contribution < -0.4 is 5.73 Å². The van der Waals surface area contributed by atoms with Crippen molar-refractivity contribution in [3.05, 3.63) is 0 Å². The predicted molar refractivity (Wildman–Crippen MR) is 44.0 cm³/mol. The molecule has 2 aliphatic carbocycles. The van der Waals surface area contributed by atoms with Crippen LogP contribution in [0.3, 0.4) is 0 Å². The van der Waals surface area contributed by atoms with Gasteiger partial charge >= 0.3 is 0 Å². The first-order chi connectivity index (χ1) is 5.29. The molecule has 0 radical (unpaired) electrons. The minimum Gasteiger partial charge on any atom is -0.391 e. The highest BCUT2D eigenvalue weighted by atomic mass is 16.3. The highest BCUT2D eigenvalue weighted by Crippen LogP contribution is 2.41. The largest absolute Gasteiger partial charge is 0.391 e. The second kappa shape index (κ2) is 2.76. The molecule has 0 unspecified atom stereocenters. The van der Waals surface area contributed by atoms with Crippen molar-refractivity contribution in [1.29, 1.82) is 0 Å². The zero-order valence-electron chi connectivity index (χ0n) is 6.87. The molecule has 0 amide bonds. The van der Waals surface area contributed by atoms with E-state index >= 15 is 0 Å². The summed E-state index contributed by atoms with van der Waals surface area (Å²) in [4.78, 5) is 0. The van der Waals surface area contributed by atoms with Gasteiger partial charge in [-0.05, 0) is 24.7 Å². The van der Waals surface area contributed by atoms with E-state index in [1.807, 2.05) is 0 Å². The lowest BCUT2D eigenvalue weighted by Crippen LogP contribution is -2.36. The molecule has 0 saturated heterocycles. The summed E-state index contributed by atoms with van der Waals surface area (Å²) in [5, 5.41) is 9.50. The molecule has 3 N–H and O–H groups in total. The van der Waals surface area contributed by atoms with E-state index < -0.39 is 0 Å². The summed E-state index contributed by atoms with van der Waals surface area (Å²) < 4.78 is 0. The first kappa shape index (κ1) is 7.56. The highest BCUT2D eigenvalue weighted by molar-refractivity contribution is 4.95. The first-order valence-corrected chi connectivity index (χ1v) is 4.72. The maximum atomic E-state index is 9.50. The molecule has 0 aromatic heterocycles. The lowest BCUT2D eigenvalue weighted by molar-refractivity contribution is 0.155. The Morgan fingerprint density at radius 1 is 1.18 bits per heavy atom. The van der Waals surface area contributed by atoms with E-state index in [1.165, 1.54) is 25.7 Å². The summed E-state index contributed by atoms with van der Waals surface area (Å²) in [5.41, 5.74) is 5.88. The number of hydrogen-bond donors (Lipinski definition) is 2. The lowest BCUT2D eigenvalue weighted by atomic mass is 9.80. The fraction of sp³-hybridized carbons (Fsp3) is 1.00. The summed E-state index contributed by atoms with van der Waals surface area (Å²) in [6.07, 6.45) is 5.98. The van der Waals surface area contributed by atoms with E-state index in [2.05, 4.69) is 0 Å². The number of nitrogens with two attached hydrogens (primary N) is 1. The average molecular weight is 155 g/mol. The van der Waals surface area contributed by atoms with Crippen LogP contribution in [0.1, 0.15) is 32.1 Å². The van der Waals surface area contributed by atoms with Gasteiger partial charge in [-0.2, -0.15) is 0 Å². The summed E-state index contributed by atoms with van der Waals surface area (Å²) in [6.45, 7) is 0. The van der Waals surface area contributed by atoms with Crippen molar-refractivity contribution in [3.63, 3.8) is 0 Å². The molecule has 0 bridgehead atoms. The first-order valence-electron chi connectivity index (χ1n) is 4.72. The molecule has 0 spiro atoms. The topological polar surface area (TPSA) is 46.2 Å². The maximum Gasteiger partial charge on any atom is 0.0696 e. The van der Waals surface area contributed by atoms with Gasteiger partial charge in [-0.1, -0.05) is 19.3 Å². The van der Waals surface area contributed by atoms with E-state index in [0.717, 1.165) is 12.3 Å². The van der Waals surface area contributed by atoms with Crippen molar-refractivity contribution < 1.29 is 5.11 Å². The van der Waals surface area contributed by atoms with E-state index in [4.69, 9.17) is 5.73 Å². The van der Waals surface area contributed by atoms with Gasteiger partial charge < -0.3 is 10.8 Å². The second-order valence-electron chi connectivity index (χ2n) is 4.09. The van der Waals surface area contributed by atoms with E-state index in [1.54, 1.807) is 0 Å². The molecule has 2 fully saturated rings. The molecular formula is C9H17NO. The molecule has 11 heavy (non-hydrogen) atoms. The van der Waals surface area contributed by atoms with Gasteiger partial charge in [0, 0.05) is 6.04 Å². The van der Waals surface area contributed by atoms with Gasteiger partial charge in [-0.15, -0.1) is 0 Å². The molecule has 0 aromatic rings. The van der Waals surface area contributed by atoms with Crippen LogP contribution in [0.25, 0.3) is 0 Å². The molecule has 2 rings (SSSR count). The van der Waals surface area contributed by atoms with Gasteiger partial charge in [0.15, 0.2) is 0 Å². The quantitative estimate of drug-likeness (QED) is 0.545. The minimum atomic E-state index is -0.205. The standard InChI is InChI=1S/C9H17NO/c10-9-7-4-2-1-3-6(7)5-8(9)11/h6-9,11H,1-5,10H2/t6-,7+,8+,9-/m0/s1. The summed E-state index contributed by atoms with van der Waals surface area (Å²) in [5.74, 6) is 1.38. The Bertz CT molecular complexity index is 148. The lowest BCUT2D eigenvalue weighted by Gasteiger charge is -2.27. The summed E-state index contributed by atoms with van der Waals surface area (Å²) in [6, 6.07) is 0.0836. The minimum absolute atomic E-state index is 0.0836. The summed E-state index contributed by atoms with van der Waals surface area (Å²) >= 11 is 0. The van der Waals surface area contributed by atoms with Crippen LogP contribution in [0.2, 0.25) is 0 Å². The van der Waals surface area contributed by atoms with E-state index in [9.17, 15) is 5.11 Å². The highest BCUT2D eigenvalue weighted by Gasteiger charge is 2.40. The van der Waals surface area contributed by atoms with Gasteiger partial charge in [-0.3, -0.25) is 0 Å². The van der Waals surface area contributed by atoms with Gasteiger partial charge in [0.05, 0.1) is 6.10 Å². The van der Waals surface area contributed by atoms with Gasteiger partial charge in [-0.25, -0.2) is 0 Å². The van der Waals surface area contributed by atoms with Crippen molar-refractivity contribution in [2.24, 2.45) is 17.6 Å². The molecule has 2 saturated carbocycles. The predicted octanol–water partition coefficient (Wildman–Crippen LogP) is 0.885. The van der Waals surface area contributed by atoms with Crippen molar-refractivity contribution in [1.82, 2.24) is 0 Å². The number of hydrogen-bond acceptors (Lipinski definition) is 2. The van der Waals surface area contributed by atoms with Gasteiger partial charge in [0.2, 0.25) is 0 Å². The molecule has 2 nitrogen and oxygen atoms in total. The van der Waals surface area contributed by atoms with Crippen molar-refractivity contribution in [2.45, 2.75) is 44.2 Å². The monoisotopic (exact) mass is 155 g/mol. The molecule has 4 atom stereocenters. The van der Waals surface area contributed by atoms with Crippen molar-refractivity contribution >= 4 is 0 Å². The van der Waals surface area contributed by atoms with Crippen molar-refractivity contribution in [3.8, 4) is 0 Å². The van der Waals surface area contributed by atoms with E-state index in [-0.39, 0.29) is 12.1 Å². The number of aliphatic hydroxyl groups excluding tert-OH is 1. The Kier molecular flexibility index (Phi) is 1.90. The van der Waals surface area contributed by atoms with Crippen LogP contribution in [0.15, 0.2) is 0 Å². The smallest absolute Gasteiger partial charge is 0.0696 e. The molecule has 2 heteroatoms. The van der Waals surface area contributed by atoms with Gasteiger partial charge in [0.1, 0.15) is 0 Å². The molecule has 0 aliphatic heterocycles. The molecule has 64 valence electrons. The van der Waals surface area contributed by atoms with Crippen molar-refractivity contribution in [2.75, 3.05) is 0 Å². The number of rotatable bonds is 0. The zero-order chi connectivity index (χ0) is 7.84. The van der Waals surface area contributed by atoms with Gasteiger partial charge in [0.25, 0.3) is 0 Å². The van der Waals surface area contributed by atoms with Crippen LogP contribution in [-0.4, -0.2) is 17.3 Å². The Hall–Kier alpha value is -0.0800. The Morgan fingerprint density at radius 2 is 1.91 bits per heavy atom. The number of aliphatic hydroxyl groups is 1. The SMILES string of the molecule is N[C@H]1[C@@H]2CCCC[C@H]2C[C@H]1O. The van der Waals surface area contributed by atoms with E-state index in [0.29, 0.717) is 5.92 Å². The van der Waals surface area contributed by atoms with Crippen LogP contribution >= 0.6 is 0 Å². The Balaban J connectivity index is 2.05. The van der Waals surface area contributed by atoms with Crippen LogP contribution in [0.5, 0.6) is 0 Å². The third-order valence-electron chi connectivity index (χ3n) is 3.45. The average Bonchev–Trinajstić information content (AvgIpc) is 2.30. The zero-order valence-corrected chi connectivity index (χ0v) is 6.87. The molecule has 0 heterocycles. The summed E-state index contributed by atoms with van der Waals surface area (Å²) in [7, 11) is 0. The Morgan fingerprint density at radius 3 is 2.64 bits per heavy atom. The fourth-order valence-electron chi connectivity index (χ4n) is 2.79. The van der Waals surface area contributed by atoms with Crippen LogP contribution in [0.4, 0.5) is 0 Å². The third-order valence-corrected chi connectivity index (χ3v) is 3.45. The molecule has 0 aromatic carbocycles. The second-order valence-corrected chi connectivity index (χ2v) is 4.09. The fourth-order valence-corrected chi connectivity index (χ4v) is 2.79. The third kappa shape index (κ3) is 1.18. The normalized spacial score (nSPS) is 50.7. The Labute approximate surface area is 67.8 Å². The molecule has 2 aliphatic rings.